The van der Waals surface area contributed by atoms with Crippen molar-refractivity contribution in [1.29, 1.82) is 0 Å². The Morgan fingerprint density at radius 1 is 1.33 bits per heavy atom. The van der Waals surface area contributed by atoms with Crippen molar-refractivity contribution >= 4 is 32.6 Å². The van der Waals surface area contributed by atoms with E-state index < -0.39 is 0 Å². The van der Waals surface area contributed by atoms with Crippen LogP contribution in [0.4, 0.5) is 9.52 Å². The Labute approximate surface area is 159 Å². The molecule has 0 unspecified atom stereocenters. The van der Waals surface area contributed by atoms with Crippen molar-refractivity contribution in [3.8, 4) is 0 Å². The number of thiazole rings is 1. The number of ether oxygens (including phenoxy) is 1. The van der Waals surface area contributed by atoms with Crippen molar-refractivity contribution in [1.82, 2.24) is 24.6 Å². The maximum atomic E-state index is 13.5. The number of nitrogens with zero attached hydrogens (tertiary/aromatic N) is 6. The second-order valence-electron chi connectivity index (χ2n) is 6.20. The molecule has 1 aromatic carbocycles. The van der Waals surface area contributed by atoms with E-state index in [2.05, 4.69) is 20.0 Å². The van der Waals surface area contributed by atoms with Crippen LogP contribution in [-0.4, -0.2) is 69.9 Å². The van der Waals surface area contributed by atoms with Crippen LogP contribution >= 0.6 is 11.3 Å². The van der Waals surface area contributed by atoms with E-state index in [4.69, 9.17) is 4.74 Å². The summed E-state index contributed by atoms with van der Waals surface area (Å²) in [6.45, 7) is 4.38. The van der Waals surface area contributed by atoms with E-state index in [1.54, 1.807) is 11.0 Å². The lowest BCUT2D eigenvalue weighted by molar-refractivity contribution is -0.119. The second-order valence-corrected chi connectivity index (χ2v) is 7.21. The highest BCUT2D eigenvalue weighted by molar-refractivity contribution is 7.22. The Balaban J connectivity index is 1.56. The van der Waals surface area contributed by atoms with Gasteiger partial charge in [0.1, 0.15) is 25.0 Å². The fourth-order valence-electron chi connectivity index (χ4n) is 2.93. The Kier molecular flexibility index (Phi) is 5.37. The molecule has 1 amide bonds. The van der Waals surface area contributed by atoms with Crippen LogP contribution in [0.25, 0.3) is 10.2 Å². The molecule has 0 N–H and O–H groups in total. The molecule has 3 aromatic rings. The molecule has 1 aliphatic heterocycles. The summed E-state index contributed by atoms with van der Waals surface area (Å²) in [7, 11) is 0. The van der Waals surface area contributed by atoms with Gasteiger partial charge in [0.15, 0.2) is 5.13 Å². The van der Waals surface area contributed by atoms with Crippen molar-refractivity contribution in [3.05, 3.63) is 36.7 Å². The van der Waals surface area contributed by atoms with Crippen molar-refractivity contribution in [2.24, 2.45) is 0 Å². The van der Waals surface area contributed by atoms with E-state index in [-0.39, 0.29) is 18.3 Å². The van der Waals surface area contributed by atoms with Gasteiger partial charge in [0.05, 0.1) is 23.4 Å². The highest BCUT2D eigenvalue weighted by Crippen LogP contribution is 2.29. The van der Waals surface area contributed by atoms with Gasteiger partial charge in [-0.2, -0.15) is 5.10 Å². The van der Waals surface area contributed by atoms with Gasteiger partial charge in [-0.1, -0.05) is 11.3 Å². The number of anilines is 1. The lowest BCUT2D eigenvalue weighted by Gasteiger charge is -2.29. The van der Waals surface area contributed by atoms with Crippen LogP contribution in [0.15, 0.2) is 30.9 Å². The van der Waals surface area contributed by atoms with Gasteiger partial charge in [-0.3, -0.25) is 14.6 Å². The Morgan fingerprint density at radius 3 is 2.96 bits per heavy atom. The minimum absolute atomic E-state index is 0.0768. The SMILES string of the molecule is O=C(Cn1cncn1)N(CCN1CCOCC1)c1nc2ccc(F)cc2s1. The van der Waals surface area contributed by atoms with Crippen LogP contribution in [-0.2, 0) is 16.1 Å². The van der Waals surface area contributed by atoms with E-state index >= 15 is 0 Å². The minimum atomic E-state index is -0.313. The molecule has 0 aliphatic carbocycles. The largest absolute Gasteiger partial charge is 0.379 e. The van der Waals surface area contributed by atoms with Gasteiger partial charge in [-0.05, 0) is 18.2 Å². The minimum Gasteiger partial charge on any atom is -0.379 e. The molecule has 3 heterocycles. The van der Waals surface area contributed by atoms with Gasteiger partial charge in [-0.15, -0.1) is 0 Å². The number of benzene rings is 1. The van der Waals surface area contributed by atoms with Gasteiger partial charge in [-0.25, -0.2) is 19.0 Å². The number of carbonyl (C=O) groups is 1. The third kappa shape index (κ3) is 4.29. The summed E-state index contributed by atoms with van der Waals surface area (Å²) >= 11 is 1.31. The molecular formula is C17H19FN6O2S. The van der Waals surface area contributed by atoms with Crippen LogP contribution < -0.4 is 4.90 Å². The molecule has 1 saturated heterocycles. The Bertz CT molecular complexity index is 909. The van der Waals surface area contributed by atoms with E-state index in [1.165, 1.54) is 40.8 Å². The number of morpholine rings is 1. The van der Waals surface area contributed by atoms with Crippen molar-refractivity contribution in [3.63, 3.8) is 0 Å². The van der Waals surface area contributed by atoms with Crippen LogP contribution in [0.2, 0.25) is 0 Å². The summed E-state index contributed by atoms with van der Waals surface area (Å²) in [5.74, 6) is -0.445. The standard InChI is InChI=1S/C17H19FN6O2S/c18-13-1-2-14-15(9-13)27-17(21-14)24(4-3-22-5-7-26-8-6-22)16(25)10-23-12-19-11-20-23/h1-2,9,11-12H,3-8,10H2. The molecule has 0 spiro atoms. The van der Waals surface area contributed by atoms with Gasteiger partial charge in [0, 0.05) is 26.2 Å². The number of amides is 1. The topological polar surface area (TPSA) is 76.4 Å². The molecule has 0 atom stereocenters. The average molecular weight is 390 g/mol. The van der Waals surface area contributed by atoms with Crippen LogP contribution in [0.5, 0.6) is 0 Å². The monoisotopic (exact) mass is 390 g/mol. The maximum absolute atomic E-state index is 13.5. The molecule has 8 nitrogen and oxygen atoms in total. The average Bonchev–Trinajstić information content (AvgIpc) is 3.32. The molecule has 0 radical (unpaired) electrons. The summed E-state index contributed by atoms with van der Waals surface area (Å²) in [4.78, 5) is 25.2. The van der Waals surface area contributed by atoms with Crippen LogP contribution in [0, 0.1) is 5.82 Å². The van der Waals surface area contributed by atoms with Gasteiger partial charge in [0.25, 0.3) is 5.91 Å². The first kappa shape index (κ1) is 18.0. The number of carbonyl (C=O) groups excluding carboxylic acids is 1. The smallest absolute Gasteiger partial charge is 0.250 e. The highest BCUT2D eigenvalue weighted by atomic mass is 32.1. The summed E-state index contributed by atoms with van der Waals surface area (Å²) in [6, 6.07) is 4.45. The summed E-state index contributed by atoms with van der Waals surface area (Å²) in [5, 5.41) is 4.57. The third-order valence-corrected chi connectivity index (χ3v) is 5.42. The zero-order valence-electron chi connectivity index (χ0n) is 14.6. The number of hydrogen-bond donors (Lipinski definition) is 0. The van der Waals surface area contributed by atoms with Crippen molar-refractivity contribution < 1.29 is 13.9 Å². The number of halogens is 1. The quantitative estimate of drug-likeness (QED) is 0.633. The zero-order valence-corrected chi connectivity index (χ0v) is 15.4. The normalized spacial score (nSPS) is 15.3. The molecule has 27 heavy (non-hydrogen) atoms. The van der Waals surface area contributed by atoms with Crippen LogP contribution in [0.3, 0.4) is 0 Å². The molecule has 2 aromatic heterocycles. The van der Waals surface area contributed by atoms with E-state index in [9.17, 15) is 9.18 Å². The summed E-state index contributed by atoms with van der Waals surface area (Å²) in [5.41, 5.74) is 0.682. The van der Waals surface area contributed by atoms with Crippen molar-refractivity contribution in [2.75, 3.05) is 44.3 Å². The number of fused-ring (bicyclic) bond motifs is 1. The lowest BCUT2D eigenvalue weighted by Crippen LogP contribution is -2.44. The Hall–Kier alpha value is -2.43. The highest BCUT2D eigenvalue weighted by Gasteiger charge is 2.22. The van der Waals surface area contributed by atoms with Gasteiger partial charge in [0.2, 0.25) is 0 Å². The first-order valence-corrected chi connectivity index (χ1v) is 9.50. The second kappa shape index (κ2) is 8.07. The number of rotatable bonds is 6. The molecule has 1 fully saturated rings. The predicted octanol–water partition coefficient (Wildman–Crippen LogP) is 1.39. The van der Waals surface area contributed by atoms with Crippen molar-refractivity contribution in [2.45, 2.75) is 6.54 Å². The van der Waals surface area contributed by atoms with Gasteiger partial charge >= 0.3 is 0 Å². The first-order chi connectivity index (χ1) is 13.2. The molecule has 4 rings (SSSR count). The van der Waals surface area contributed by atoms with Gasteiger partial charge < -0.3 is 4.74 Å². The Morgan fingerprint density at radius 2 is 2.19 bits per heavy atom. The third-order valence-electron chi connectivity index (χ3n) is 4.38. The number of aromatic nitrogens is 4. The zero-order chi connectivity index (χ0) is 18.6. The molecular weight excluding hydrogens is 371 g/mol. The molecule has 10 heteroatoms. The molecule has 0 bridgehead atoms. The van der Waals surface area contributed by atoms with E-state index in [0.29, 0.717) is 30.4 Å². The molecule has 1 aliphatic rings. The van der Waals surface area contributed by atoms with Crippen LogP contribution in [0.1, 0.15) is 0 Å². The molecule has 0 saturated carbocycles. The van der Waals surface area contributed by atoms with E-state index in [0.717, 1.165) is 24.3 Å². The fourth-order valence-corrected chi connectivity index (χ4v) is 3.97. The first-order valence-electron chi connectivity index (χ1n) is 8.68. The molecule has 142 valence electrons. The van der Waals surface area contributed by atoms with E-state index in [1.807, 2.05) is 0 Å². The summed E-state index contributed by atoms with van der Waals surface area (Å²) in [6.07, 6.45) is 2.90. The number of hydrogen-bond acceptors (Lipinski definition) is 7. The maximum Gasteiger partial charge on any atom is 0.250 e. The fraction of sp³-hybridized carbons (Fsp3) is 0.412. The predicted molar refractivity (Wildman–Crippen MR) is 99.2 cm³/mol. The lowest BCUT2D eigenvalue weighted by atomic mass is 10.3. The summed E-state index contributed by atoms with van der Waals surface area (Å²) < 4.78 is 21.1.